The van der Waals surface area contributed by atoms with Crippen LogP contribution in [0.25, 0.3) is 0 Å². The number of carbonyl (C=O) groups is 2. The molecular formula is C20H23F3N4O4. The minimum atomic E-state index is -5.08. The molecule has 1 saturated heterocycles. The van der Waals surface area contributed by atoms with Crippen LogP contribution >= 0.6 is 0 Å². The molecule has 0 spiro atoms. The van der Waals surface area contributed by atoms with Crippen LogP contribution in [0.5, 0.6) is 5.88 Å². The van der Waals surface area contributed by atoms with E-state index in [-0.39, 0.29) is 12.1 Å². The number of halogens is 3. The van der Waals surface area contributed by atoms with E-state index in [0.29, 0.717) is 19.0 Å². The van der Waals surface area contributed by atoms with Crippen molar-refractivity contribution < 1.29 is 32.6 Å². The number of benzene rings is 1. The number of aromatic nitrogens is 1. The minimum Gasteiger partial charge on any atom is -0.475 e. The maximum Gasteiger partial charge on any atom is 0.490 e. The van der Waals surface area contributed by atoms with E-state index in [4.69, 9.17) is 20.4 Å². The number of anilines is 1. The Labute approximate surface area is 176 Å². The summed E-state index contributed by atoms with van der Waals surface area (Å²) >= 11 is 0. The first-order valence-corrected chi connectivity index (χ1v) is 9.41. The first-order chi connectivity index (χ1) is 14.7. The van der Waals surface area contributed by atoms with Crippen molar-refractivity contribution in [2.45, 2.75) is 31.7 Å². The number of alkyl halides is 3. The van der Waals surface area contributed by atoms with Crippen LogP contribution in [0.4, 0.5) is 23.7 Å². The Morgan fingerprint density at radius 3 is 2.55 bits per heavy atom. The number of carboxylic acids is 1. The number of piperidine rings is 1. The number of nitrogens with zero attached hydrogens (tertiary/aromatic N) is 2. The largest absolute Gasteiger partial charge is 0.490 e. The van der Waals surface area contributed by atoms with Gasteiger partial charge in [-0.1, -0.05) is 18.2 Å². The van der Waals surface area contributed by atoms with E-state index in [1.54, 1.807) is 11.1 Å². The van der Waals surface area contributed by atoms with E-state index in [0.717, 1.165) is 30.6 Å². The van der Waals surface area contributed by atoms with Crippen molar-refractivity contribution >= 4 is 17.7 Å². The lowest BCUT2D eigenvalue weighted by molar-refractivity contribution is -0.192. The molecule has 0 radical (unpaired) electrons. The highest BCUT2D eigenvalue weighted by atomic mass is 19.4. The number of pyridine rings is 1. The molecule has 1 aliphatic heterocycles. The molecule has 8 nitrogen and oxygen atoms in total. The highest BCUT2D eigenvalue weighted by molar-refractivity contribution is 5.89. The molecule has 4 N–H and O–H groups in total. The maximum atomic E-state index is 12.4. The van der Waals surface area contributed by atoms with Gasteiger partial charge in [-0.3, -0.25) is 0 Å². The van der Waals surface area contributed by atoms with Crippen LogP contribution in [0, 0.1) is 0 Å². The molecule has 1 atom stereocenters. The SMILES string of the molecule is NCc1ccnc(OC2CCCN(C(=O)Nc3ccccc3)C2)c1.O=C(O)C(F)(F)F. The monoisotopic (exact) mass is 440 g/mol. The Hall–Kier alpha value is -3.34. The normalized spacial score (nSPS) is 16.0. The zero-order chi connectivity index (χ0) is 22.9. The summed E-state index contributed by atoms with van der Waals surface area (Å²) < 4.78 is 37.7. The van der Waals surface area contributed by atoms with Gasteiger partial charge < -0.3 is 25.8 Å². The molecule has 31 heavy (non-hydrogen) atoms. The lowest BCUT2D eigenvalue weighted by Gasteiger charge is -2.32. The number of hydrogen-bond acceptors (Lipinski definition) is 5. The van der Waals surface area contributed by atoms with Crippen LogP contribution in [0.2, 0.25) is 0 Å². The van der Waals surface area contributed by atoms with Crippen LogP contribution in [0.15, 0.2) is 48.7 Å². The molecule has 11 heteroatoms. The molecule has 0 bridgehead atoms. The van der Waals surface area contributed by atoms with Crippen LogP contribution in [0.1, 0.15) is 18.4 Å². The molecule has 0 aliphatic carbocycles. The summed E-state index contributed by atoms with van der Waals surface area (Å²) in [6.07, 6.45) is -1.63. The second-order valence-corrected chi connectivity index (χ2v) is 6.63. The number of likely N-dealkylation sites (tertiary alicyclic amines) is 1. The Kier molecular flexibility index (Phi) is 8.62. The number of carboxylic acid groups (broad SMARTS) is 1. The highest BCUT2D eigenvalue weighted by Crippen LogP contribution is 2.18. The number of amides is 2. The predicted molar refractivity (Wildman–Crippen MR) is 107 cm³/mol. The Morgan fingerprint density at radius 2 is 1.94 bits per heavy atom. The van der Waals surface area contributed by atoms with Gasteiger partial charge in [0, 0.05) is 31.0 Å². The molecule has 168 valence electrons. The smallest absolute Gasteiger partial charge is 0.475 e. The summed E-state index contributed by atoms with van der Waals surface area (Å²) in [6, 6.07) is 13.1. The number of aliphatic carboxylic acids is 1. The van der Waals surface area contributed by atoms with Crippen LogP contribution in [0.3, 0.4) is 0 Å². The zero-order valence-electron chi connectivity index (χ0n) is 16.5. The average Bonchev–Trinajstić information content (AvgIpc) is 2.74. The van der Waals surface area contributed by atoms with Crippen molar-refractivity contribution in [2.24, 2.45) is 5.73 Å². The number of ether oxygens (including phenoxy) is 1. The van der Waals surface area contributed by atoms with E-state index in [1.807, 2.05) is 42.5 Å². The standard InChI is InChI=1S/C18H22N4O2.C2HF3O2/c19-12-14-8-9-20-17(11-14)24-16-7-4-10-22(13-16)18(23)21-15-5-2-1-3-6-15;3-2(4,5)1(6)7/h1-3,5-6,8-9,11,16H,4,7,10,12-13,19H2,(H,21,23);(H,6,7). The third kappa shape index (κ3) is 8.13. The van der Waals surface area contributed by atoms with Gasteiger partial charge in [-0.15, -0.1) is 0 Å². The van der Waals surface area contributed by atoms with Gasteiger partial charge in [0.05, 0.1) is 6.54 Å². The molecule has 1 fully saturated rings. The molecule has 1 unspecified atom stereocenters. The van der Waals surface area contributed by atoms with E-state index < -0.39 is 12.1 Å². The zero-order valence-corrected chi connectivity index (χ0v) is 16.5. The summed E-state index contributed by atoms with van der Waals surface area (Å²) in [6.45, 7) is 1.73. The van der Waals surface area contributed by atoms with E-state index in [2.05, 4.69) is 10.3 Å². The lowest BCUT2D eigenvalue weighted by atomic mass is 10.1. The van der Waals surface area contributed by atoms with Gasteiger partial charge in [-0.25, -0.2) is 14.6 Å². The van der Waals surface area contributed by atoms with E-state index in [9.17, 15) is 18.0 Å². The Bertz CT molecular complexity index is 865. The van der Waals surface area contributed by atoms with E-state index in [1.165, 1.54) is 0 Å². The van der Waals surface area contributed by atoms with Crippen molar-refractivity contribution in [1.82, 2.24) is 9.88 Å². The van der Waals surface area contributed by atoms with Crippen LogP contribution in [-0.4, -0.2) is 52.4 Å². The fraction of sp³-hybridized carbons (Fsp3) is 0.350. The molecule has 1 aromatic heterocycles. The number of urea groups is 1. The van der Waals surface area contributed by atoms with Crippen molar-refractivity contribution in [3.8, 4) is 5.88 Å². The highest BCUT2D eigenvalue weighted by Gasteiger charge is 2.38. The molecule has 0 saturated carbocycles. The van der Waals surface area contributed by atoms with Crippen LogP contribution in [-0.2, 0) is 11.3 Å². The number of hydrogen-bond donors (Lipinski definition) is 3. The van der Waals surface area contributed by atoms with E-state index >= 15 is 0 Å². The molecular weight excluding hydrogens is 417 g/mol. The second kappa shape index (κ2) is 11.2. The van der Waals surface area contributed by atoms with Gasteiger partial charge in [-0.05, 0) is 36.6 Å². The first kappa shape index (κ1) is 23.9. The maximum absolute atomic E-state index is 12.4. The molecule has 2 aromatic rings. The number of para-hydroxylation sites is 1. The fourth-order valence-electron chi connectivity index (χ4n) is 2.76. The van der Waals surface area contributed by atoms with Gasteiger partial charge in [0.25, 0.3) is 0 Å². The van der Waals surface area contributed by atoms with Crippen molar-refractivity contribution in [2.75, 3.05) is 18.4 Å². The molecule has 1 aromatic carbocycles. The van der Waals surface area contributed by atoms with Gasteiger partial charge in [0.2, 0.25) is 5.88 Å². The summed E-state index contributed by atoms with van der Waals surface area (Å²) in [7, 11) is 0. The molecule has 1 aliphatic rings. The average molecular weight is 440 g/mol. The summed E-state index contributed by atoms with van der Waals surface area (Å²) in [5, 5.41) is 10.0. The number of carbonyl (C=O) groups excluding carboxylic acids is 1. The number of nitrogens with two attached hydrogens (primary N) is 1. The quantitative estimate of drug-likeness (QED) is 0.672. The third-order valence-corrected chi connectivity index (χ3v) is 4.26. The number of nitrogens with one attached hydrogen (secondary N) is 1. The molecule has 2 heterocycles. The van der Waals surface area contributed by atoms with Gasteiger partial charge in [0.1, 0.15) is 6.10 Å². The molecule has 3 rings (SSSR count). The summed E-state index contributed by atoms with van der Waals surface area (Å²) in [5.41, 5.74) is 7.42. The van der Waals surface area contributed by atoms with Gasteiger partial charge in [0.15, 0.2) is 0 Å². The number of rotatable bonds is 4. The topological polar surface area (TPSA) is 118 Å². The summed E-state index contributed by atoms with van der Waals surface area (Å²) in [4.78, 5) is 27.3. The Morgan fingerprint density at radius 1 is 1.26 bits per heavy atom. The fourth-order valence-corrected chi connectivity index (χ4v) is 2.76. The van der Waals surface area contributed by atoms with Crippen molar-refractivity contribution in [1.29, 1.82) is 0 Å². The third-order valence-electron chi connectivity index (χ3n) is 4.26. The lowest BCUT2D eigenvalue weighted by Crippen LogP contribution is -2.46. The second-order valence-electron chi connectivity index (χ2n) is 6.63. The van der Waals surface area contributed by atoms with Crippen molar-refractivity contribution in [3.63, 3.8) is 0 Å². The van der Waals surface area contributed by atoms with Gasteiger partial charge in [-0.2, -0.15) is 13.2 Å². The predicted octanol–water partition coefficient (Wildman–Crippen LogP) is 3.25. The van der Waals surface area contributed by atoms with Crippen LogP contribution < -0.4 is 15.8 Å². The molecule has 2 amide bonds. The first-order valence-electron chi connectivity index (χ1n) is 9.41. The van der Waals surface area contributed by atoms with Gasteiger partial charge >= 0.3 is 18.2 Å². The summed E-state index contributed by atoms with van der Waals surface area (Å²) in [5.74, 6) is -2.19. The Balaban J connectivity index is 0.000000423. The van der Waals surface area contributed by atoms with Crippen molar-refractivity contribution in [3.05, 3.63) is 54.2 Å². The minimum absolute atomic E-state index is 0.0548.